The second-order valence-corrected chi connectivity index (χ2v) is 6.19. The SMILES string of the molecule is CC(=O)Nc1cccc(C(=O)OC(C(=O)c2ccccc2)c2ccccc2)c1. The molecule has 1 amide bonds. The van der Waals surface area contributed by atoms with Crippen LogP contribution in [-0.4, -0.2) is 17.7 Å². The summed E-state index contributed by atoms with van der Waals surface area (Å²) in [5.74, 6) is -1.20. The van der Waals surface area contributed by atoms with Gasteiger partial charge >= 0.3 is 5.97 Å². The average Bonchev–Trinajstić information content (AvgIpc) is 2.72. The van der Waals surface area contributed by atoms with Gasteiger partial charge in [-0.05, 0) is 18.2 Å². The lowest BCUT2D eigenvalue weighted by Gasteiger charge is -2.18. The molecule has 0 heterocycles. The Hall–Kier alpha value is -3.73. The van der Waals surface area contributed by atoms with Gasteiger partial charge in [-0.15, -0.1) is 0 Å². The number of nitrogens with one attached hydrogen (secondary N) is 1. The van der Waals surface area contributed by atoms with E-state index in [1.54, 1.807) is 66.7 Å². The molecule has 0 aliphatic heterocycles. The molecule has 0 spiro atoms. The lowest BCUT2D eigenvalue weighted by molar-refractivity contribution is -0.114. The Morgan fingerprint density at radius 2 is 1.39 bits per heavy atom. The first-order valence-corrected chi connectivity index (χ1v) is 8.77. The van der Waals surface area contributed by atoms with Crippen molar-refractivity contribution in [3.05, 3.63) is 102 Å². The Bertz CT molecular complexity index is 984. The van der Waals surface area contributed by atoms with Gasteiger partial charge in [-0.25, -0.2) is 4.79 Å². The largest absolute Gasteiger partial charge is 0.445 e. The highest BCUT2D eigenvalue weighted by Gasteiger charge is 2.26. The van der Waals surface area contributed by atoms with Gasteiger partial charge in [0.25, 0.3) is 0 Å². The summed E-state index contributed by atoms with van der Waals surface area (Å²) in [5, 5.41) is 2.62. The molecule has 0 fully saturated rings. The summed E-state index contributed by atoms with van der Waals surface area (Å²) < 4.78 is 5.60. The molecule has 0 aliphatic rings. The van der Waals surface area contributed by atoms with Crippen molar-refractivity contribution in [2.75, 3.05) is 5.32 Å². The first kappa shape index (κ1) is 19.0. The molecular weight excluding hydrogens is 354 g/mol. The molecule has 5 nitrogen and oxygen atoms in total. The number of amides is 1. The molecule has 0 radical (unpaired) electrons. The van der Waals surface area contributed by atoms with Gasteiger partial charge in [-0.3, -0.25) is 9.59 Å². The van der Waals surface area contributed by atoms with Crippen LogP contribution in [0, 0.1) is 0 Å². The fourth-order valence-corrected chi connectivity index (χ4v) is 2.76. The standard InChI is InChI=1S/C23H19NO4/c1-16(25)24-20-14-8-13-19(15-20)23(27)28-22(18-11-6-3-7-12-18)21(26)17-9-4-2-5-10-17/h2-15,22H,1H3,(H,24,25). The minimum absolute atomic E-state index is 0.244. The lowest BCUT2D eigenvalue weighted by Crippen LogP contribution is -2.20. The maximum atomic E-state index is 13.0. The molecule has 1 N–H and O–H groups in total. The van der Waals surface area contributed by atoms with Crippen molar-refractivity contribution in [2.24, 2.45) is 0 Å². The number of Topliss-reactive ketones (excluding diaryl/α,β-unsaturated/α-hetero) is 1. The summed E-state index contributed by atoms with van der Waals surface area (Å²) in [5.41, 5.74) is 1.76. The Balaban J connectivity index is 1.88. The molecule has 140 valence electrons. The zero-order valence-electron chi connectivity index (χ0n) is 15.3. The van der Waals surface area contributed by atoms with E-state index in [0.717, 1.165) is 0 Å². The molecule has 1 atom stereocenters. The molecule has 3 aromatic carbocycles. The van der Waals surface area contributed by atoms with Crippen molar-refractivity contribution in [3.8, 4) is 0 Å². The molecule has 28 heavy (non-hydrogen) atoms. The molecule has 3 aromatic rings. The van der Waals surface area contributed by atoms with Crippen molar-refractivity contribution in [1.29, 1.82) is 0 Å². The molecule has 0 aliphatic carbocycles. The molecule has 3 rings (SSSR count). The van der Waals surface area contributed by atoms with E-state index in [9.17, 15) is 14.4 Å². The number of anilines is 1. The number of carbonyl (C=O) groups excluding carboxylic acids is 3. The van der Waals surface area contributed by atoms with E-state index in [4.69, 9.17) is 4.74 Å². The highest BCUT2D eigenvalue weighted by atomic mass is 16.5. The highest BCUT2D eigenvalue weighted by Crippen LogP contribution is 2.24. The zero-order valence-corrected chi connectivity index (χ0v) is 15.3. The van der Waals surface area contributed by atoms with Crippen LogP contribution in [0.5, 0.6) is 0 Å². The Labute approximate surface area is 163 Å². The van der Waals surface area contributed by atoms with E-state index in [-0.39, 0.29) is 17.3 Å². The van der Waals surface area contributed by atoms with E-state index in [1.807, 2.05) is 12.1 Å². The lowest BCUT2D eigenvalue weighted by atomic mass is 9.99. The van der Waals surface area contributed by atoms with Gasteiger partial charge < -0.3 is 10.1 Å². The maximum absolute atomic E-state index is 13.0. The molecule has 5 heteroatoms. The molecule has 0 bridgehead atoms. The number of rotatable bonds is 6. The van der Waals surface area contributed by atoms with Crippen LogP contribution < -0.4 is 5.32 Å². The molecule has 1 unspecified atom stereocenters. The van der Waals surface area contributed by atoms with Gasteiger partial charge in [0.05, 0.1) is 5.56 Å². The fraction of sp³-hybridized carbons (Fsp3) is 0.0870. The average molecular weight is 373 g/mol. The van der Waals surface area contributed by atoms with Crippen molar-refractivity contribution in [2.45, 2.75) is 13.0 Å². The van der Waals surface area contributed by atoms with Gasteiger partial charge in [0.2, 0.25) is 11.7 Å². The van der Waals surface area contributed by atoms with E-state index in [1.165, 1.54) is 13.0 Å². The topological polar surface area (TPSA) is 72.5 Å². The number of esters is 1. The summed E-state index contributed by atoms with van der Waals surface area (Å²) in [7, 11) is 0. The van der Waals surface area contributed by atoms with Crippen LogP contribution in [0.25, 0.3) is 0 Å². The number of ketones is 1. The fourth-order valence-electron chi connectivity index (χ4n) is 2.76. The van der Waals surface area contributed by atoms with Crippen LogP contribution in [0.1, 0.15) is 39.3 Å². The molecule has 0 aromatic heterocycles. The first-order chi connectivity index (χ1) is 13.5. The quantitative estimate of drug-likeness (QED) is 0.513. The van der Waals surface area contributed by atoms with Crippen LogP contribution in [-0.2, 0) is 9.53 Å². The number of hydrogen-bond donors (Lipinski definition) is 1. The number of hydrogen-bond acceptors (Lipinski definition) is 4. The maximum Gasteiger partial charge on any atom is 0.339 e. The van der Waals surface area contributed by atoms with Crippen LogP contribution in [0.4, 0.5) is 5.69 Å². The minimum Gasteiger partial charge on any atom is -0.445 e. The second kappa shape index (κ2) is 8.77. The zero-order chi connectivity index (χ0) is 19.9. The van der Waals surface area contributed by atoms with E-state index in [0.29, 0.717) is 16.8 Å². The van der Waals surface area contributed by atoms with Crippen molar-refractivity contribution < 1.29 is 19.1 Å². The smallest absolute Gasteiger partial charge is 0.339 e. The predicted molar refractivity (Wildman–Crippen MR) is 106 cm³/mol. The highest BCUT2D eigenvalue weighted by molar-refractivity contribution is 6.02. The van der Waals surface area contributed by atoms with Crippen LogP contribution >= 0.6 is 0 Å². The third kappa shape index (κ3) is 4.71. The van der Waals surface area contributed by atoms with Crippen molar-refractivity contribution in [1.82, 2.24) is 0 Å². The van der Waals surface area contributed by atoms with Gasteiger partial charge in [0, 0.05) is 23.7 Å². The number of ether oxygens (including phenoxy) is 1. The summed E-state index contributed by atoms with van der Waals surface area (Å²) in [6, 6.07) is 24.0. The number of benzene rings is 3. The van der Waals surface area contributed by atoms with Crippen LogP contribution in [0.2, 0.25) is 0 Å². The van der Waals surface area contributed by atoms with Gasteiger partial charge in [-0.1, -0.05) is 66.7 Å². The van der Waals surface area contributed by atoms with Crippen molar-refractivity contribution in [3.63, 3.8) is 0 Å². The summed E-state index contributed by atoms with van der Waals surface area (Å²) in [4.78, 5) is 36.9. The number of carbonyl (C=O) groups is 3. The second-order valence-electron chi connectivity index (χ2n) is 6.19. The third-order valence-corrected chi connectivity index (χ3v) is 4.04. The molecular formula is C23H19NO4. The Kier molecular flexibility index (Phi) is 5.97. The third-order valence-electron chi connectivity index (χ3n) is 4.04. The predicted octanol–water partition coefficient (Wildman–Crippen LogP) is 4.43. The normalized spacial score (nSPS) is 11.3. The summed E-state index contributed by atoms with van der Waals surface area (Å²) in [6.45, 7) is 1.38. The summed E-state index contributed by atoms with van der Waals surface area (Å²) >= 11 is 0. The van der Waals surface area contributed by atoms with Crippen LogP contribution in [0.15, 0.2) is 84.9 Å². The monoisotopic (exact) mass is 373 g/mol. The first-order valence-electron chi connectivity index (χ1n) is 8.77. The minimum atomic E-state index is -1.07. The van der Waals surface area contributed by atoms with Crippen LogP contribution in [0.3, 0.4) is 0 Å². The van der Waals surface area contributed by atoms with Gasteiger partial charge in [0.1, 0.15) is 0 Å². The Morgan fingerprint density at radius 3 is 2.04 bits per heavy atom. The van der Waals surface area contributed by atoms with E-state index in [2.05, 4.69) is 5.32 Å². The Morgan fingerprint density at radius 1 is 0.786 bits per heavy atom. The van der Waals surface area contributed by atoms with Gasteiger partial charge in [-0.2, -0.15) is 0 Å². The van der Waals surface area contributed by atoms with E-state index < -0.39 is 12.1 Å². The molecule has 0 saturated carbocycles. The summed E-state index contributed by atoms with van der Waals surface area (Å²) in [6.07, 6.45) is -1.07. The molecule has 0 saturated heterocycles. The van der Waals surface area contributed by atoms with Crippen molar-refractivity contribution >= 4 is 23.3 Å². The van der Waals surface area contributed by atoms with Gasteiger partial charge in [0.15, 0.2) is 6.10 Å². The van der Waals surface area contributed by atoms with E-state index >= 15 is 0 Å².